The van der Waals surface area contributed by atoms with Crippen molar-refractivity contribution < 1.29 is 14.3 Å². The number of aliphatic hydroxyl groups excluding tert-OH is 1. The summed E-state index contributed by atoms with van der Waals surface area (Å²) in [4.78, 5) is 13.9. The van der Waals surface area contributed by atoms with Crippen LogP contribution in [0.1, 0.15) is 15.6 Å². The van der Waals surface area contributed by atoms with E-state index in [9.17, 15) is 9.18 Å². The molecule has 19 heavy (non-hydrogen) atoms. The number of hydrogen-bond acceptors (Lipinski definition) is 2. The van der Waals surface area contributed by atoms with E-state index in [2.05, 4.69) is 5.32 Å². The maximum atomic E-state index is 13.3. The van der Waals surface area contributed by atoms with Crippen molar-refractivity contribution in [1.29, 1.82) is 0 Å². The number of amides is 1. The Morgan fingerprint density at radius 2 is 2.21 bits per heavy atom. The molecular formula is C14H10FNO2Se. The first kappa shape index (κ1) is 12.4. The molecule has 1 aromatic carbocycles. The van der Waals surface area contributed by atoms with Crippen LogP contribution in [0.2, 0.25) is 0 Å². The van der Waals surface area contributed by atoms with Crippen molar-refractivity contribution in [3.8, 4) is 0 Å². The molecule has 0 unspecified atom stereocenters. The monoisotopic (exact) mass is 323 g/mol. The molecule has 0 aliphatic carbocycles. The van der Waals surface area contributed by atoms with Crippen LogP contribution >= 0.6 is 0 Å². The minimum atomic E-state index is -0.360. The topological polar surface area (TPSA) is 49.3 Å². The normalized spacial score (nSPS) is 15.7. The molecule has 3 rings (SSSR count). The molecule has 1 aliphatic heterocycles. The first-order valence-corrected chi connectivity index (χ1v) is 7.53. The molecule has 2 aromatic rings. The van der Waals surface area contributed by atoms with E-state index in [1.807, 2.05) is 11.0 Å². The zero-order valence-electron chi connectivity index (χ0n) is 9.81. The first-order valence-electron chi connectivity index (χ1n) is 5.68. The molecule has 0 saturated carbocycles. The van der Waals surface area contributed by atoms with Gasteiger partial charge in [-0.05, 0) is 0 Å². The van der Waals surface area contributed by atoms with Gasteiger partial charge in [-0.1, -0.05) is 0 Å². The van der Waals surface area contributed by atoms with Gasteiger partial charge in [0.25, 0.3) is 0 Å². The van der Waals surface area contributed by atoms with E-state index in [4.69, 9.17) is 5.11 Å². The number of carbonyl (C=O) groups excluding carboxylic acids is 1. The van der Waals surface area contributed by atoms with Crippen LogP contribution in [0.3, 0.4) is 0 Å². The van der Waals surface area contributed by atoms with Gasteiger partial charge in [-0.3, -0.25) is 0 Å². The Kier molecular flexibility index (Phi) is 3.11. The number of hydrogen-bond donors (Lipinski definition) is 2. The fraction of sp³-hybridized carbons (Fsp3) is 0.0714. The van der Waals surface area contributed by atoms with Crippen molar-refractivity contribution in [2.24, 2.45) is 0 Å². The van der Waals surface area contributed by atoms with Gasteiger partial charge in [-0.15, -0.1) is 0 Å². The van der Waals surface area contributed by atoms with E-state index < -0.39 is 0 Å². The number of halogens is 1. The maximum absolute atomic E-state index is 13.3. The van der Waals surface area contributed by atoms with Crippen LogP contribution in [0.15, 0.2) is 29.2 Å². The van der Waals surface area contributed by atoms with Gasteiger partial charge in [0, 0.05) is 0 Å². The molecule has 5 heteroatoms. The molecule has 0 radical (unpaired) electrons. The van der Waals surface area contributed by atoms with E-state index in [-0.39, 0.29) is 32.8 Å². The van der Waals surface area contributed by atoms with Crippen molar-refractivity contribution in [3.05, 3.63) is 50.6 Å². The van der Waals surface area contributed by atoms with Crippen molar-refractivity contribution >= 4 is 37.7 Å². The predicted octanol–water partition coefficient (Wildman–Crippen LogP) is 1.87. The first-order chi connectivity index (χ1) is 9.17. The number of benzene rings is 1. The van der Waals surface area contributed by atoms with Crippen LogP contribution in [0.25, 0.3) is 11.6 Å². The third-order valence-corrected chi connectivity index (χ3v) is 4.86. The van der Waals surface area contributed by atoms with E-state index >= 15 is 0 Å². The van der Waals surface area contributed by atoms with Gasteiger partial charge in [0.15, 0.2) is 0 Å². The molecule has 0 spiro atoms. The average Bonchev–Trinajstić information content (AvgIpc) is 2.96. The fourth-order valence-electron chi connectivity index (χ4n) is 2.00. The number of anilines is 1. The predicted molar refractivity (Wildman–Crippen MR) is 72.2 cm³/mol. The fourth-order valence-corrected chi connectivity index (χ4v) is 3.75. The van der Waals surface area contributed by atoms with Gasteiger partial charge in [-0.25, -0.2) is 0 Å². The summed E-state index contributed by atoms with van der Waals surface area (Å²) >= 11 is 0.113. The van der Waals surface area contributed by atoms with E-state index in [1.54, 1.807) is 12.1 Å². The SMILES string of the molecule is O=C1Nc2ccc(F)cc2/C1=C/c1cc(CO)c[se]1. The van der Waals surface area contributed by atoms with Crippen LogP contribution in [0.4, 0.5) is 10.1 Å². The zero-order chi connectivity index (χ0) is 13.4. The van der Waals surface area contributed by atoms with Crippen molar-refractivity contribution in [2.45, 2.75) is 6.61 Å². The summed E-state index contributed by atoms with van der Waals surface area (Å²) in [7, 11) is 0. The third kappa shape index (κ3) is 2.28. The third-order valence-electron chi connectivity index (χ3n) is 2.91. The minimum absolute atomic E-state index is 0.00579. The van der Waals surface area contributed by atoms with E-state index in [1.165, 1.54) is 12.1 Å². The quantitative estimate of drug-likeness (QED) is 0.655. The van der Waals surface area contributed by atoms with Crippen LogP contribution in [0.5, 0.6) is 0 Å². The second-order valence-corrected chi connectivity index (χ2v) is 6.20. The number of fused-ring (bicyclic) bond motifs is 1. The zero-order valence-corrected chi connectivity index (χ0v) is 11.5. The Labute approximate surface area is 115 Å². The molecule has 2 heterocycles. The summed E-state index contributed by atoms with van der Waals surface area (Å²) in [6, 6.07) is 6.13. The average molecular weight is 322 g/mol. The number of carbonyl (C=O) groups is 1. The molecule has 0 saturated heterocycles. The molecule has 2 N–H and O–H groups in total. The van der Waals surface area contributed by atoms with E-state index in [0.29, 0.717) is 16.8 Å². The number of aliphatic hydroxyl groups is 1. The second kappa shape index (κ2) is 4.78. The van der Waals surface area contributed by atoms with Gasteiger partial charge in [-0.2, -0.15) is 0 Å². The Bertz CT molecular complexity index is 691. The van der Waals surface area contributed by atoms with Gasteiger partial charge >= 0.3 is 115 Å². The second-order valence-electron chi connectivity index (χ2n) is 4.22. The van der Waals surface area contributed by atoms with Gasteiger partial charge < -0.3 is 0 Å². The Hall–Kier alpha value is -1.68. The number of nitrogens with one attached hydrogen (secondary N) is 1. The molecule has 3 nitrogen and oxygen atoms in total. The van der Waals surface area contributed by atoms with Crippen molar-refractivity contribution in [2.75, 3.05) is 5.32 Å². The summed E-state index contributed by atoms with van der Waals surface area (Å²) in [6.07, 6.45) is 1.78. The van der Waals surface area contributed by atoms with E-state index in [0.717, 1.165) is 10.0 Å². The van der Waals surface area contributed by atoms with Crippen molar-refractivity contribution in [1.82, 2.24) is 0 Å². The molecular weight excluding hydrogens is 312 g/mol. The summed E-state index contributed by atoms with van der Waals surface area (Å²) in [5, 5.41) is 11.8. The summed E-state index contributed by atoms with van der Waals surface area (Å²) in [6.45, 7) is 0.00579. The molecule has 1 aromatic heterocycles. The van der Waals surface area contributed by atoms with Crippen LogP contribution in [-0.4, -0.2) is 25.5 Å². The van der Waals surface area contributed by atoms with Gasteiger partial charge in [0.05, 0.1) is 0 Å². The Balaban J connectivity index is 2.06. The van der Waals surface area contributed by atoms with Crippen LogP contribution in [-0.2, 0) is 11.4 Å². The Morgan fingerprint density at radius 1 is 1.37 bits per heavy atom. The molecule has 1 amide bonds. The summed E-state index contributed by atoms with van der Waals surface area (Å²) in [5.41, 5.74) is 2.58. The molecule has 96 valence electrons. The summed E-state index contributed by atoms with van der Waals surface area (Å²) in [5.74, 6) is -0.573. The molecule has 0 fully saturated rings. The van der Waals surface area contributed by atoms with Crippen molar-refractivity contribution in [3.63, 3.8) is 0 Å². The molecule has 0 bridgehead atoms. The summed E-state index contributed by atoms with van der Waals surface area (Å²) < 4.78 is 14.3. The standard InChI is InChI=1S/C14H10FNO2Se/c15-9-1-2-13-11(4-9)12(14(18)16-13)5-10-3-8(6-17)7-19-10/h1-5,7,17H,6H2,(H,16,18)/b12-5-. The Morgan fingerprint density at radius 3 is 2.95 bits per heavy atom. The molecule has 0 atom stereocenters. The van der Waals surface area contributed by atoms with Gasteiger partial charge in [0.1, 0.15) is 0 Å². The van der Waals surface area contributed by atoms with Crippen LogP contribution < -0.4 is 5.32 Å². The van der Waals surface area contributed by atoms with Gasteiger partial charge in [0.2, 0.25) is 0 Å². The molecule has 1 aliphatic rings. The number of rotatable bonds is 2. The van der Waals surface area contributed by atoms with Crippen LogP contribution in [0, 0.1) is 5.82 Å².